The minimum Gasteiger partial charge on any atom is -0.303 e. The monoisotopic (exact) mass is 224 g/mol. The van der Waals surface area contributed by atoms with Crippen molar-refractivity contribution < 1.29 is 0 Å². The van der Waals surface area contributed by atoms with Gasteiger partial charge in [-0.05, 0) is 71.1 Å². The Morgan fingerprint density at radius 1 is 1.12 bits per heavy atom. The third kappa shape index (κ3) is 3.21. The normalized spacial score (nSPS) is 30.8. The highest BCUT2D eigenvalue weighted by Gasteiger charge is 2.24. The van der Waals surface area contributed by atoms with Crippen molar-refractivity contribution in [1.82, 2.24) is 9.80 Å². The topological polar surface area (TPSA) is 6.48 Å². The summed E-state index contributed by atoms with van der Waals surface area (Å²) in [5.74, 6) is 0.962. The molecule has 16 heavy (non-hydrogen) atoms. The molecule has 0 spiro atoms. The highest BCUT2D eigenvalue weighted by atomic mass is 15.2. The van der Waals surface area contributed by atoms with Crippen molar-refractivity contribution in [3.8, 4) is 0 Å². The van der Waals surface area contributed by atoms with Crippen LogP contribution in [0.25, 0.3) is 0 Å². The van der Waals surface area contributed by atoms with Gasteiger partial charge in [0.25, 0.3) is 0 Å². The summed E-state index contributed by atoms with van der Waals surface area (Å²) < 4.78 is 0. The summed E-state index contributed by atoms with van der Waals surface area (Å²) in [6.45, 7) is 11.4. The zero-order valence-corrected chi connectivity index (χ0v) is 11.1. The average molecular weight is 224 g/mol. The quantitative estimate of drug-likeness (QED) is 0.724. The molecule has 0 N–H and O–H groups in total. The average Bonchev–Trinajstić information content (AvgIpc) is 2.83. The number of rotatable bonds is 4. The van der Waals surface area contributed by atoms with Crippen LogP contribution in [-0.4, -0.2) is 48.6 Å². The first-order chi connectivity index (χ1) is 7.79. The molecule has 2 fully saturated rings. The van der Waals surface area contributed by atoms with Crippen LogP contribution in [0.1, 0.15) is 46.0 Å². The van der Waals surface area contributed by atoms with E-state index in [9.17, 15) is 0 Å². The summed E-state index contributed by atoms with van der Waals surface area (Å²) in [6, 6.07) is 0.823. The van der Waals surface area contributed by atoms with E-state index in [-0.39, 0.29) is 0 Å². The van der Waals surface area contributed by atoms with Crippen LogP contribution in [0, 0.1) is 5.92 Å². The number of nitrogens with zero attached hydrogens (tertiary/aromatic N) is 2. The van der Waals surface area contributed by atoms with Gasteiger partial charge in [-0.25, -0.2) is 0 Å². The third-order valence-electron chi connectivity index (χ3n) is 4.49. The third-order valence-corrected chi connectivity index (χ3v) is 4.49. The Hall–Kier alpha value is -0.0800. The summed E-state index contributed by atoms with van der Waals surface area (Å²) in [4.78, 5) is 5.33. The SMILES string of the molecule is CCN1CCCC(CC(C)N2CCCC2)C1. The zero-order valence-electron chi connectivity index (χ0n) is 11.1. The molecule has 2 heterocycles. The van der Waals surface area contributed by atoms with Gasteiger partial charge < -0.3 is 9.80 Å². The van der Waals surface area contributed by atoms with E-state index < -0.39 is 0 Å². The molecule has 0 bridgehead atoms. The molecule has 2 aliphatic heterocycles. The minimum absolute atomic E-state index is 0.823. The Kier molecular flexibility index (Phi) is 4.66. The van der Waals surface area contributed by atoms with Crippen molar-refractivity contribution in [2.75, 3.05) is 32.7 Å². The van der Waals surface area contributed by atoms with E-state index in [2.05, 4.69) is 23.6 Å². The molecule has 2 heteroatoms. The standard InChI is InChI=1S/C14H28N2/c1-3-15-8-6-7-14(12-15)11-13(2)16-9-4-5-10-16/h13-14H,3-12H2,1-2H3. The van der Waals surface area contributed by atoms with Gasteiger partial charge in [0.2, 0.25) is 0 Å². The molecule has 0 radical (unpaired) electrons. The van der Waals surface area contributed by atoms with Crippen LogP contribution in [0.3, 0.4) is 0 Å². The summed E-state index contributed by atoms with van der Waals surface area (Å²) in [7, 11) is 0. The van der Waals surface area contributed by atoms with Crippen LogP contribution in [-0.2, 0) is 0 Å². The highest BCUT2D eigenvalue weighted by molar-refractivity contribution is 4.79. The molecule has 0 saturated carbocycles. The van der Waals surface area contributed by atoms with Crippen molar-refractivity contribution in [2.24, 2.45) is 5.92 Å². The van der Waals surface area contributed by atoms with Gasteiger partial charge in [-0.2, -0.15) is 0 Å². The van der Waals surface area contributed by atoms with E-state index in [0.717, 1.165) is 12.0 Å². The van der Waals surface area contributed by atoms with Crippen LogP contribution in [0.2, 0.25) is 0 Å². The fourth-order valence-corrected chi connectivity index (χ4v) is 3.44. The van der Waals surface area contributed by atoms with Crippen molar-refractivity contribution in [3.05, 3.63) is 0 Å². The number of piperidine rings is 1. The van der Waals surface area contributed by atoms with Gasteiger partial charge in [0.15, 0.2) is 0 Å². The molecule has 2 nitrogen and oxygen atoms in total. The summed E-state index contributed by atoms with van der Waals surface area (Å²) >= 11 is 0. The van der Waals surface area contributed by atoms with Crippen molar-refractivity contribution in [3.63, 3.8) is 0 Å². The lowest BCUT2D eigenvalue weighted by Gasteiger charge is -2.35. The minimum atomic E-state index is 0.823. The first kappa shape index (κ1) is 12.4. The Balaban J connectivity index is 1.75. The number of likely N-dealkylation sites (tertiary alicyclic amines) is 2. The van der Waals surface area contributed by atoms with Gasteiger partial charge in [-0.3, -0.25) is 0 Å². The fourth-order valence-electron chi connectivity index (χ4n) is 3.44. The molecular weight excluding hydrogens is 196 g/mol. The van der Waals surface area contributed by atoms with Gasteiger partial charge in [0.05, 0.1) is 0 Å². The van der Waals surface area contributed by atoms with E-state index in [1.807, 2.05) is 0 Å². The lowest BCUT2D eigenvalue weighted by molar-refractivity contribution is 0.142. The van der Waals surface area contributed by atoms with Crippen LogP contribution in [0.15, 0.2) is 0 Å². The second-order valence-electron chi connectivity index (χ2n) is 5.73. The number of hydrogen-bond acceptors (Lipinski definition) is 2. The predicted molar refractivity (Wildman–Crippen MR) is 69.7 cm³/mol. The molecule has 0 aromatic carbocycles. The summed E-state index contributed by atoms with van der Waals surface area (Å²) in [6.07, 6.45) is 7.17. The Morgan fingerprint density at radius 2 is 1.88 bits per heavy atom. The Labute approximate surface area is 101 Å². The van der Waals surface area contributed by atoms with Crippen LogP contribution in [0.5, 0.6) is 0 Å². The Morgan fingerprint density at radius 3 is 2.56 bits per heavy atom. The fraction of sp³-hybridized carbons (Fsp3) is 1.00. The highest BCUT2D eigenvalue weighted by Crippen LogP contribution is 2.24. The van der Waals surface area contributed by atoms with Crippen molar-refractivity contribution in [2.45, 2.75) is 52.0 Å². The summed E-state index contributed by atoms with van der Waals surface area (Å²) in [5.41, 5.74) is 0. The second-order valence-corrected chi connectivity index (χ2v) is 5.73. The Bertz CT molecular complexity index is 199. The first-order valence-electron chi connectivity index (χ1n) is 7.26. The van der Waals surface area contributed by atoms with Gasteiger partial charge in [0, 0.05) is 12.6 Å². The molecule has 2 rings (SSSR count). The molecule has 2 aliphatic rings. The van der Waals surface area contributed by atoms with E-state index in [4.69, 9.17) is 0 Å². The molecule has 2 saturated heterocycles. The molecule has 94 valence electrons. The predicted octanol–water partition coefficient (Wildman–Crippen LogP) is 2.59. The molecule has 2 unspecified atom stereocenters. The van der Waals surface area contributed by atoms with Gasteiger partial charge >= 0.3 is 0 Å². The smallest absolute Gasteiger partial charge is 0.00700 e. The largest absolute Gasteiger partial charge is 0.303 e. The lowest BCUT2D eigenvalue weighted by Crippen LogP contribution is -2.39. The molecule has 0 amide bonds. The maximum absolute atomic E-state index is 2.70. The van der Waals surface area contributed by atoms with Gasteiger partial charge in [-0.1, -0.05) is 6.92 Å². The maximum Gasteiger partial charge on any atom is 0.00700 e. The van der Waals surface area contributed by atoms with E-state index >= 15 is 0 Å². The van der Waals surface area contributed by atoms with Crippen molar-refractivity contribution in [1.29, 1.82) is 0 Å². The molecule has 2 atom stereocenters. The first-order valence-corrected chi connectivity index (χ1v) is 7.26. The van der Waals surface area contributed by atoms with Crippen molar-refractivity contribution >= 4 is 0 Å². The molecule has 0 aliphatic carbocycles. The van der Waals surface area contributed by atoms with Crippen LogP contribution in [0.4, 0.5) is 0 Å². The van der Waals surface area contributed by atoms with Crippen LogP contribution < -0.4 is 0 Å². The lowest BCUT2D eigenvalue weighted by atomic mass is 9.91. The van der Waals surface area contributed by atoms with E-state index in [0.29, 0.717) is 0 Å². The van der Waals surface area contributed by atoms with E-state index in [1.54, 1.807) is 0 Å². The molecule has 0 aromatic heterocycles. The van der Waals surface area contributed by atoms with Gasteiger partial charge in [0.1, 0.15) is 0 Å². The van der Waals surface area contributed by atoms with Crippen LogP contribution >= 0.6 is 0 Å². The molecular formula is C14H28N2. The maximum atomic E-state index is 2.70. The number of hydrogen-bond donors (Lipinski definition) is 0. The van der Waals surface area contributed by atoms with E-state index in [1.165, 1.54) is 64.8 Å². The second kappa shape index (κ2) is 6.02. The molecule has 0 aromatic rings. The van der Waals surface area contributed by atoms with Gasteiger partial charge in [-0.15, -0.1) is 0 Å². The summed E-state index contributed by atoms with van der Waals surface area (Å²) in [5, 5.41) is 0. The zero-order chi connectivity index (χ0) is 11.4.